The molecule has 0 aliphatic carbocycles. The average molecular weight is 415 g/mol. The molecular weight excluding hydrogens is 403 g/mol. The molecule has 0 radical (unpaired) electrons. The highest BCUT2D eigenvalue weighted by atomic mass is 127. The summed E-state index contributed by atoms with van der Waals surface area (Å²) in [6, 6.07) is 4.84. The number of nitrogens with zero attached hydrogens (tertiary/aromatic N) is 4. The molecule has 0 saturated carbocycles. The van der Waals surface area contributed by atoms with Crippen molar-refractivity contribution in [3.8, 4) is 0 Å². The Morgan fingerprint density at radius 2 is 2.38 bits per heavy atom. The Morgan fingerprint density at radius 1 is 1.48 bits per heavy atom. The Hall–Kier alpha value is -1.05. The minimum Gasteiger partial charge on any atom is -0.306 e. The van der Waals surface area contributed by atoms with Gasteiger partial charge in [0, 0.05) is 31.2 Å². The van der Waals surface area contributed by atoms with Crippen LogP contribution in [0.25, 0.3) is 5.52 Å². The zero-order valence-corrected chi connectivity index (χ0v) is 14.1. The first-order valence-corrected chi connectivity index (χ1v) is 10.6. The molecule has 1 aliphatic heterocycles. The Bertz CT molecular complexity index is 814. The van der Waals surface area contributed by atoms with Crippen LogP contribution in [0.1, 0.15) is 23.1 Å². The van der Waals surface area contributed by atoms with Gasteiger partial charge < -0.3 is 9.65 Å². The molecule has 4 heterocycles. The van der Waals surface area contributed by atoms with Gasteiger partial charge in [-0.25, -0.2) is 13.9 Å². The molecule has 1 aliphatic rings. The molecule has 0 amide bonds. The summed E-state index contributed by atoms with van der Waals surface area (Å²) in [7, 11) is 0. The van der Waals surface area contributed by atoms with Crippen molar-refractivity contribution < 1.29 is 4.39 Å². The molecule has 0 spiro atoms. The van der Waals surface area contributed by atoms with Gasteiger partial charge in [0.2, 0.25) is 0 Å². The largest absolute Gasteiger partial charge is 0.306 e. The summed E-state index contributed by atoms with van der Waals surface area (Å²) in [5.41, 5.74) is 3.57. The quantitative estimate of drug-likeness (QED) is 0.518. The summed E-state index contributed by atoms with van der Waals surface area (Å²) in [6.07, 6.45) is 5.24. The summed E-state index contributed by atoms with van der Waals surface area (Å²) < 4.78 is 17.6. The maximum Gasteiger partial charge on any atom is 0.148 e. The van der Waals surface area contributed by atoms with E-state index < -0.39 is 0 Å². The van der Waals surface area contributed by atoms with Crippen molar-refractivity contribution in [2.75, 3.05) is 6.54 Å². The molecule has 5 nitrogen and oxygen atoms in total. The van der Waals surface area contributed by atoms with Crippen molar-refractivity contribution in [1.82, 2.24) is 24.3 Å². The van der Waals surface area contributed by atoms with Crippen LogP contribution in [-0.2, 0) is 6.42 Å². The Balaban J connectivity index is 1.83. The van der Waals surface area contributed by atoms with Crippen LogP contribution in [-0.4, -0.2) is 25.5 Å². The van der Waals surface area contributed by atoms with E-state index in [1.807, 2.05) is 6.33 Å². The molecule has 2 atom stereocenters. The second kappa shape index (κ2) is 5.30. The Kier molecular flexibility index (Phi) is 3.43. The molecule has 0 fully saturated rings. The predicted molar refractivity (Wildman–Crippen MR) is 88.7 cm³/mol. The van der Waals surface area contributed by atoms with Crippen LogP contribution in [0.5, 0.6) is 0 Å². The highest BCUT2D eigenvalue weighted by Crippen LogP contribution is 2.33. The highest BCUT2D eigenvalue weighted by Gasteiger charge is 2.27. The first-order valence-electron chi connectivity index (χ1n) is 6.58. The van der Waals surface area contributed by atoms with E-state index in [2.05, 4.69) is 41.8 Å². The second-order valence-corrected chi connectivity index (χ2v) is 7.02. The highest BCUT2D eigenvalue weighted by molar-refractivity contribution is 14.2. The fraction of sp³-hybridized carbons (Fsp3) is 0.231. The smallest absolute Gasteiger partial charge is 0.148 e. The number of aromatic nitrogens is 4. The normalized spacial score (nSPS) is 18.7. The molecule has 2 unspecified atom stereocenters. The van der Waals surface area contributed by atoms with Gasteiger partial charge in [-0.3, -0.25) is 0 Å². The van der Waals surface area contributed by atoms with Gasteiger partial charge in [0.25, 0.3) is 0 Å². The minimum absolute atomic E-state index is 0.0675. The fourth-order valence-electron chi connectivity index (χ4n) is 2.77. The average Bonchev–Trinajstić information content (AvgIpc) is 3.11. The molecule has 4 rings (SSSR count). The third-order valence-electron chi connectivity index (χ3n) is 3.74. The van der Waals surface area contributed by atoms with Crippen molar-refractivity contribution in [1.29, 1.82) is 0 Å². The summed E-state index contributed by atoms with van der Waals surface area (Å²) in [4.78, 5) is 4.54. The van der Waals surface area contributed by atoms with Crippen LogP contribution in [0, 0.1) is 5.82 Å². The number of nitrogens with one attached hydrogen (secondary N) is 1. The molecule has 0 aromatic carbocycles. The zero-order valence-electron chi connectivity index (χ0n) is 10.9. The van der Waals surface area contributed by atoms with Crippen molar-refractivity contribution in [3.63, 3.8) is 0 Å². The third-order valence-corrected chi connectivity index (χ3v) is 5.87. The standard InChI is InChI=1S/C13H12FIN5P/c14-8-2-1-5-19-11(8)6-9(18-19)12-13-10(3-4-16-12)20(21-15)7-17-13/h1-2,5-7,12,16,21H,3-4H2. The van der Waals surface area contributed by atoms with Gasteiger partial charge in [-0.15, -0.1) is 0 Å². The molecule has 3 aromatic rings. The van der Waals surface area contributed by atoms with E-state index in [1.54, 1.807) is 22.8 Å². The van der Waals surface area contributed by atoms with Crippen molar-refractivity contribution in [3.05, 3.63) is 53.6 Å². The number of pyridine rings is 1. The molecule has 8 heteroatoms. The van der Waals surface area contributed by atoms with E-state index in [9.17, 15) is 4.39 Å². The minimum atomic E-state index is -0.258. The van der Waals surface area contributed by atoms with Crippen LogP contribution in [0.15, 0.2) is 30.7 Å². The first-order chi connectivity index (χ1) is 10.3. The topological polar surface area (TPSA) is 47.1 Å². The number of fused-ring (bicyclic) bond motifs is 2. The molecule has 21 heavy (non-hydrogen) atoms. The van der Waals surface area contributed by atoms with Gasteiger partial charge in [-0.2, -0.15) is 5.10 Å². The zero-order chi connectivity index (χ0) is 14.4. The van der Waals surface area contributed by atoms with Crippen LogP contribution in [0.3, 0.4) is 0 Å². The van der Waals surface area contributed by atoms with Gasteiger partial charge in [-0.1, -0.05) is 0 Å². The monoisotopic (exact) mass is 415 g/mol. The second-order valence-electron chi connectivity index (χ2n) is 4.92. The van der Waals surface area contributed by atoms with E-state index in [-0.39, 0.29) is 11.9 Å². The predicted octanol–water partition coefficient (Wildman–Crippen LogP) is 2.70. The number of imidazole rings is 1. The number of hydrogen-bond donors (Lipinski definition) is 1. The summed E-state index contributed by atoms with van der Waals surface area (Å²) in [6.45, 7) is 0.876. The van der Waals surface area contributed by atoms with Gasteiger partial charge in [0.1, 0.15) is 11.3 Å². The van der Waals surface area contributed by atoms with Crippen LogP contribution < -0.4 is 5.32 Å². The molecular formula is C13H12FIN5P. The van der Waals surface area contributed by atoms with Crippen molar-refractivity contribution >= 4 is 33.9 Å². The maximum atomic E-state index is 13.8. The lowest BCUT2D eigenvalue weighted by atomic mass is 10.0. The van der Waals surface area contributed by atoms with Crippen molar-refractivity contribution in [2.24, 2.45) is 0 Å². The molecule has 0 saturated heterocycles. The van der Waals surface area contributed by atoms with Gasteiger partial charge in [0.05, 0.1) is 23.8 Å². The van der Waals surface area contributed by atoms with E-state index >= 15 is 0 Å². The summed E-state index contributed by atoms with van der Waals surface area (Å²) in [5.74, 6) is -0.258. The van der Waals surface area contributed by atoms with E-state index in [1.165, 1.54) is 11.8 Å². The van der Waals surface area contributed by atoms with E-state index in [4.69, 9.17) is 0 Å². The van der Waals surface area contributed by atoms with Gasteiger partial charge >= 0.3 is 0 Å². The first kappa shape index (κ1) is 13.6. The molecule has 1 N–H and O–H groups in total. The molecule has 0 bridgehead atoms. The lowest BCUT2D eigenvalue weighted by molar-refractivity contribution is 0.538. The van der Waals surface area contributed by atoms with Crippen LogP contribution in [0.2, 0.25) is 0 Å². The van der Waals surface area contributed by atoms with E-state index in [0.29, 0.717) is 11.9 Å². The molecule has 3 aromatic heterocycles. The van der Waals surface area contributed by atoms with Crippen LogP contribution in [0.4, 0.5) is 4.39 Å². The number of halogens is 2. The van der Waals surface area contributed by atoms with Crippen LogP contribution >= 0.6 is 28.4 Å². The summed E-state index contributed by atoms with van der Waals surface area (Å²) >= 11 is 2.35. The van der Waals surface area contributed by atoms with Gasteiger partial charge in [-0.05, 0) is 40.2 Å². The number of hydrogen-bond acceptors (Lipinski definition) is 3. The van der Waals surface area contributed by atoms with Crippen molar-refractivity contribution in [2.45, 2.75) is 12.5 Å². The Labute approximate surface area is 135 Å². The number of rotatable bonds is 2. The van der Waals surface area contributed by atoms with Gasteiger partial charge in [0.15, 0.2) is 0 Å². The third kappa shape index (κ3) is 2.18. The molecule has 108 valence electrons. The fourth-order valence-corrected chi connectivity index (χ4v) is 4.44. The Morgan fingerprint density at radius 3 is 3.19 bits per heavy atom. The van der Waals surface area contributed by atoms with E-state index in [0.717, 1.165) is 24.4 Å². The lowest BCUT2D eigenvalue weighted by Crippen LogP contribution is -2.31. The lowest BCUT2D eigenvalue weighted by Gasteiger charge is -2.22. The SMILES string of the molecule is Fc1cccn2nc(C3NCCc4c3ncn4PI)cc12. The maximum absolute atomic E-state index is 13.8. The summed E-state index contributed by atoms with van der Waals surface area (Å²) in [5, 5.41) is 7.93.